The molecule has 1 aromatic carbocycles. The molecule has 0 aliphatic heterocycles. The predicted octanol–water partition coefficient (Wildman–Crippen LogP) is 2.67. The van der Waals surface area contributed by atoms with E-state index >= 15 is 0 Å². The minimum Gasteiger partial charge on any atom is -0.326 e. The lowest BCUT2D eigenvalue weighted by Gasteiger charge is -2.39. The Morgan fingerprint density at radius 2 is 1.76 bits per heavy atom. The number of benzene rings is 1. The highest BCUT2D eigenvalue weighted by atomic mass is 35.5. The van der Waals surface area contributed by atoms with Gasteiger partial charge >= 0.3 is 0 Å². The largest absolute Gasteiger partial charge is 0.326 e. The quantitative estimate of drug-likeness (QED) is 0.873. The van der Waals surface area contributed by atoms with Gasteiger partial charge in [0.1, 0.15) is 0 Å². The lowest BCUT2D eigenvalue weighted by atomic mass is 9.75. The fraction of sp³-hybridized carbons (Fsp3) is 0.538. The number of halogens is 2. The van der Waals surface area contributed by atoms with Gasteiger partial charge in [0.2, 0.25) is 0 Å². The van der Waals surface area contributed by atoms with Gasteiger partial charge in [-0.1, -0.05) is 43.2 Å². The van der Waals surface area contributed by atoms with Crippen LogP contribution in [0.3, 0.4) is 0 Å². The molecule has 4 heteroatoms. The standard InChI is InChI=1S/C13H20N2.2ClH/c14-12-8-4-5-9-13(12,15)10-11-6-2-1-3-7-11;;/h1-3,6-7,12H,4-5,8-10,14-15H2;2*1H. The van der Waals surface area contributed by atoms with Crippen LogP contribution in [0.25, 0.3) is 0 Å². The van der Waals surface area contributed by atoms with Gasteiger partial charge < -0.3 is 11.5 Å². The molecule has 98 valence electrons. The second kappa shape index (κ2) is 7.22. The normalized spacial score (nSPS) is 27.8. The summed E-state index contributed by atoms with van der Waals surface area (Å²) in [5, 5.41) is 0. The zero-order valence-corrected chi connectivity index (χ0v) is 11.6. The molecule has 0 bridgehead atoms. The van der Waals surface area contributed by atoms with Crippen molar-refractivity contribution in [3.05, 3.63) is 35.9 Å². The van der Waals surface area contributed by atoms with Gasteiger partial charge in [-0.3, -0.25) is 0 Å². The van der Waals surface area contributed by atoms with Gasteiger partial charge in [-0.2, -0.15) is 0 Å². The van der Waals surface area contributed by atoms with E-state index < -0.39 is 0 Å². The summed E-state index contributed by atoms with van der Waals surface area (Å²) in [6.07, 6.45) is 5.49. The SMILES string of the molecule is Cl.Cl.NC1CCCCC1(N)Cc1ccccc1. The average molecular weight is 277 g/mol. The van der Waals surface area contributed by atoms with Gasteiger partial charge in [0.05, 0.1) is 0 Å². The summed E-state index contributed by atoms with van der Waals surface area (Å²) in [4.78, 5) is 0. The molecule has 1 aromatic rings. The molecule has 0 aromatic heterocycles. The lowest BCUT2D eigenvalue weighted by molar-refractivity contribution is 0.251. The van der Waals surface area contributed by atoms with Gasteiger partial charge in [0.15, 0.2) is 0 Å². The Morgan fingerprint density at radius 1 is 1.12 bits per heavy atom. The third-order valence-corrected chi connectivity index (χ3v) is 3.52. The van der Waals surface area contributed by atoms with Crippen LogP contribution in [-0.4, -0.2) is 11.6 Å². The van der Waals surface area contributed by atoms with Crippen LogP contribution in [-0.2, 0) is 6.42 Å². The smallest absolute Gasteiger partial charge is 0.0348 e. The molecule has 0 saturated heterocycles. The Morgan fingerprint density at radius 3 is 2.35 bits per heavy atom. The Kier molecular flexibility index (Phi) is 7.10. The summed E-state index contributed by atoms with van der Waals surface area (Å²) in [6, 6.07) is 10.6. The molecule has 1 aliphatic rings. The molecule has 1 aliphatic carbocycles. The first-order valence-electron chi connectivity index (χ1n) is 5.79. The molecular formula is C13H22Cl2N2. The zero-order chi connectivity index (χ0) is 10.7. The van der Waals surface area contributed by atoms with Crippen molar-refractivity contribution >= 4 is 24.8 Å². The van der Waals surface area contributed by atoms with Crippen LogP contribution in [0.2, 0.25) is 0 Å². The van der Waals surface area contributed by atoms with Gasteiger partial charge in [-0.05, 0) is 24.8 Å². The van der Waals surface area contributed by atoms with Crippen LogP contribution in [0.15, 0.2) is 30.3 Å². The minimum atomic E-state index is -0.181. The molecule has 0 amide bonds. The third-order valence-electron chi connectivity index (χ3n) is 3.52. The zero-order valence-electron chi connectivity index (χ0n) is 9.97. The van der Waals surface area contributed by atoms with Crippen molar-refractivity contribution in [2.45, 2.75) is 43.7 Å². The molecule has 4 N–H and O–H groups in total. The van der Waals surface area contributed by atoms with Gasteiger partial charge in [-0.25, -0.2) is 0 Å². The number of hydrogen-bond acceptors (Lipinski definition) is 2. The molecule has 2 rings (SSSR count). The predicted molar refractivity (Wildman–Crippen MR) is 78.0 cm³/mol. The van der Waals surface area contributed by atoms with Crippen molar-refractivity contribution in [1.29, 1.82) is 0 Å². The fourth-order valence-corrected chi connectivity index (χ4v) is 2.49. The summed E-state index contributed by atoms with van der Waals surface area (Å²) in [5.74, 6) is 0. The highest BCUT2D eigenvalue weighted by Crippen LogP contribution is 2.28. The van der Waals surface area contributed by atoms with E-state index in [0.29, 0.717) is 0 Å². The number of rotatable bonds is 2. The van der Waals surface area contributed by atoms with Gasteiger partial charge in [0, 0.05) is 11.6 Å². The Hall–Kier alpha value is -0.280. The minimum absolute atomic E-state index is 0. The van der Waals surface area contributed by atoms with Crippen LogP contribution >= 0.6 is 24.8 Å². The Labute approximate surface area is 116 Å². The summed E-state index contributed by atoms with van der Waals surface area (Å²) in [6.45, 7) is 0. The molecule has 2 nitrogen and oxygen atoms in total. The molecule has 17 heavy (non-hydrogen) atoms. The maximum atomic E-state index is 6.41. The summed E-state index contributed by atoms with van der Waals surface area (Å²) < 4.78 is 0. The van der Waals surface area contributed by atoms with E-state index in [4.69, 9.17) is 11.5 Å². The van der Waals surface area contributed by atoms with E-state index in [2.05, 4.69) is 24.3 Å². The maximum Gasteiger partial charge on any atom is 0.0348 e. The van der Waals surface area contributed by atoms with Crippen LogP contribution in [0.5, 0.6) is 0 Å². The van der Waals surface area contributed by atoms with Crippen LogP contribution in [0, 0.1) is 0 Å². The molecule has 2 unspecified atom stereocenters. The third kappa shape index (κ3) is 4.14. The number of nitrogens with two attached hydrogens (primary N) is 2. The first-order chi connectivity index (χ1) is 7.21. The van der Waals surface area contributed by atoms with Crippen LogP contribution in [0.4, 0.5) is 0 Å². The fourth-order valence-electron chi connectivity index (χ4n) is 2.49. The Balaban J connectivity index is 0.00000128. The van der Waals surface area contributed by atoms with E-state index in [1.165, 1.54) is 18.4 Å². The second-order valence-corrected chi connectivity index (χ2v) is 4.75. The van der Waals surface area contributed by atoms with E-state index in [1.807, 2.05) is 6.07 Å². The van der Waals surface area contributed by atoms with Gasteiger partial charge in [0.25, 0.3) is 0 Å². The maximum absolute atomic E-state index is 6.41. The molecule has 0 spiro atoms. The molecule has 2 atom stereocenters. The van der Waals surface area contributed by atoms with E-state index in [9.17, 15) is 0 Å². The first kappa shape index (κ1) is 16.7. The molecular weight excluding hydrogens is 255 g/mol. The molecule has 1 fully saturated rings. The van der Waals surface area contributed by atoms with Gasteiger partial charge in [-0.15, -0.1) is 24.8 Å². The number of hydrogen-bond donors (Lipinski definition) is 2. The highest BCUT2D eigenvalue weighted by Gasteiger charge is 2.34. The lowest BCUT2D eigenvalue weighted by Crippen LogP contribution is -2.58. The van der Waals surface area contributed by atoms with Crippen molar-refractivity contribution < 1.29 is 0 Å². The van der Waals surface area contributed by atoms with Crippen molar-refractivity contribution in [2.24, 2.45) is 11.5 Å². The first-order valence-corrected chi connectivity index (χ1v) is 5.79. The summed E-state index contributed by atoms with van der Waals surface area (Å²) in [7, 11) is 0. The van der Waals surface area contributed by atoms with Crippen molar-refractivity contribution in [1.82, 2.24) is 0 Å². The van der Waals surface area contributed by atoms with Crippen molar-refractivity contribution in [2.75, 3.05) is 0 Å². The Bertz CT molecular complexity index is 318. The van der Waals surface area contributed by atoms with E-state index in [1.54, 1.807) is 0 Å². The monoisotopic (exact) mass is 276 g/mol. The van der Waals surface area contributed by atoms with Crippen molar-refractivity contribution in [3.63, 3.8) is 0 Å². The van der Waals surface area contributed by atoms with Crippen LogP contribution in [0.1, 0.15) is 31.2 Å². The molecule has 0 heterocycles. The summed E-state index contributed by atoms with van der Waals surface area (Å²) in [5.41, 5.74) is 13.7. The second-order valence-electron chi connectivity index (χ2n) is 4.75. The van der Waals surface area contributed by atoms with Crippen molar-refractivity contribution in [3.8, 4) is 0 Å². The average Bonchev–Trinajstić information content (AvgIpc) is 2.24. The molecule has 0 radical (unpaired) electrons. The van der Waals surface area contributed by atoms with Crippen LogP contribution < -0.4 is 11.5 Å². The highest BCUT2D eigenvalue weighted by molar-refractivity contribution is 5.85. The van der Waals surface area contributed by atoms with E-state index in [-0.39, 0.29) is 36.4 Å². The van der Waals surface area contributed by atoms with E-state index in [0.717, 1.165) is 19.3 Å². The molecule has 1 saturated carbocycles. The topological polar surface area (TPSA) is 52.0 Å². The summed E-state index contributed by atoms with van der Waals surface area (Å²) >= 11 is 0.